The Labute approximate surface area is 66.8 Å². The summed E-state index contributed by atoms with van der Waals surface area (Å²) in [6.45, 7) is 1.47. The lowest BCUT2D eigenvalue weighted by molar-refractivity contribution is -0.118. The highest BCUT2D eigenvalue weighted by atomic mass is 32.2. The third-order valence-corrected chi connectivity index (χ3v) is 2.33. The Kier molecular flexibility index (Phi) is 6.81. The molecule has 0 aliphatic carbocycles. The van der Waals surface area contributed by atoms with Crippen LogP contribution in [0.2, 0.25) is 0 Å². The predicted octanol–water partition coefficient (Wildman–Crippen LogP) is 1.27. The first kappa shape index (κ1) is 9.82. The smallest absolute Gasteiger partial charge is 0.216 e. The minimum Gasteiger partial charge on any atom is -0.359 e. The molecule has 1 amide bonds. The highest BCUT2D eigenvalue weighted by molar-refractivity contribution is 7.99. The summed E-state index contributed by atoms with van der Waals surface area (Å²) in [4.78, 5) is 9.70. The number of thioether (sulfide) groups is 1. The molecular formula is C7H15NOS. The van der Waals surface area contributed by atoms with E-state index in [1.54, 1.807) is 7.05 Å². The van der Waals surface area contributed by atoms with Gasteiger partial charge >= 0.3 is 0 Å². The van der Waals surface area contributed by atoms with E-state index in [1.807, 2.05) is 0 Å². The molecule has 0 aromatic rings. The largest absolute Gasteiger partial charge is 0.359 e. The molecule has 1 saturated heterocycles. The Morgan fingerprint density at radius 2 is 1.80 bits per heavy atom. The van der Waals surface area contributed by atoms with E-state index >= 15 is 0 Å². The van der Waals surface area contributed by atoms with Gasteiger partial charge in [-0.2, -0.15) is 11.8 Å². The van der Waals surface area contributed by atoms with Crippen LogP contribution in [0.1, 0.15) is 19.8 Å². The molecule has 1 N–H and O–H groups in total. The number of amides is 1. The standard InChI is InChI=1S/C4H8S.C3H7NO/c1-2-4-5-3-1;1-3(5)4-2/h1-4H2;1-2H3,(H,4,5). The van der Waals surface area contributed by atoms with E-state index in [4.69, 9.17) is 0 Å². The molecule has 0 radical (unpaired) electrons. The van der Waals surface area contributed by atoms with Crippen molar-refractivity contribution in [2.45, 2.75) is 19.8 Å². The van der Waals surface area contributed by atoms with Crippen molar-refractivity contribution < 1.29 is 4.79 Å². The summed E-state index contributed by atoms with van der Waals surface area (Å²) in [6, 6.07) is 0. The Balaban J connectivity index is 0.000000162. The molecule has 0 aromatic heterocycles. The second-order valence-corrected chi connectivity index (χ2v) is 3.35. The van der Waals surface area contributed by atoms with E-state index in [0.29, 0.717) is 0 Å². The van der Waals surface area contributed by atoms with Crippen LogP contribution in [0.15, 0.2) is 0 Å². The quantitative estimate of drug-likeness (QED) is 0.579. The lowest BCUT2D eigenvalue weighted by Gasteiger charge is -1.80. The number of hydrogen-bond donors (Lipinski definition) is 1. The average Bonchev–Trinajstić information content (AvgIpc) is 2.43. The van der Waals surface area contributed by atoms with Crippen LogP contribution in [0.3, 0.4) is 0 Å². The zero-order valence-corrected chi connectivity index (χ0v) is 7.46. The van der Waals surface area contributed by atoms with E-state index in [-0.39, 0.29) is 5.91 Å². The van der Waals surface area contributed by atoms with Crippen molar-refractivity contribution in [1.82, 2.24) is 5.32 Å². The van der Waals surface area contributed by atoms with Gasteiger partial charge in [0.2, 0.25) is 5.91 Å². The fourth-order valence-corrected chi connectivity index (χ4v) is 1.53. The predicted molar refractivity (Wildman–Crippen MR) is 46.3 cm³/mol. The first-order valence-corrected chi connectivity index (χ1v) is 4.69. The maximum absolute atomic E-state index is 9.70. The van der Waals surface area contributed by atoms with E-state index in [2.05, 4.69) is 17.1 Å². The van der Waals surface area contributed by atoms with Crippen LogP contribution < -0.4 is 5.32 Å². The zero-order valence-electron chi connectivity index (χ0n) is 6.64. The molecule has 0 spiro atoms. The van der Waals surface area contributed by atoms with Crippen LogP contribution in [0.4, 0.5) is 0 Å². The van der Waals surface area contributed by atoms with Gasteiger partial charge < -0.3 is 5.32 Å². The molecule has 0 saturated carbocycles. The fraction of sp³-hybridized carbons (Fsp3) is 0.857. The maximum atomic E-state index is 9.70. The molecule has 10 heavy (non-hydrogen) atoms. The Morgan fingerprint density at radius 1 is 1.40 bits per heavy atom. The third-order valence-electron chi connectivity index (χ3n) is 1.18. The number of carbonyl (C=O) groups excluding carboxylic acids is 1. The summed E-state index contributed by atoms with van der Waals surface area (Å²) >= 11 is 2.07. The lowest BCUT2D eigenvalue weighted by Crippen LogP contribution is -2.11. The minimum atomic E-state index is 0.00463. The topological polar surface area (TPSA) is 29.1 Å². The molecule has 2 nitrogen and oxygen atoms in total. The van der Waals surface area contributed by atoms with Crippen molar-refractivity contribution in [3.63, 3.8) is 0 Å². The third kappa shape index (κ3) is 7.82. The highest BCUT2D eigenvalue weighted by Crippen LogP contribution is 2.14. The SMILES string of the molecule is C1CCSC1.CNC(C)=O. The average molecular weight is 161 g/mol. The first-order chi connectivity index (χ1) is 4.77. The van der Waals surface area contributed by atoms with E-state index < -0.39 is 0 Å². The molecule has 1 fully saturated rings. The van der Waals surface area contributed by atoms with Crippen LogP contribution in [0, 0.1) is 0 Å². The van der Waals surface area contributed by atoms with Crippen LogP contribution in [-0.4, -0.2) is 24.5 Å². The minimum absolute atomic E-state index is 0.00463. The van der Waals surface area contributed by atoms with Gasteiger partial charge in [-0.15, -0.1) is 0 Å². The van der Waals surface area contributed by atoms with Gasteiger partial charge in [-0.05, 0) is 24.3 Å². The summed E-state index contributed by atoms with van der Waals surface area (Å²) < 4.78 is 0. The van der Waals surface area contributed by atoms with Crippen LogP contribution >= 0.6 is 11.8 Å². The van der Waals surface area contributed by atoms with Gasteiger partial charge in [-0.25, -0.2) is 0 Å². The molecule has 60 valence electrons. The van der Waals surface area contributed by atoms with Crippen LogP contribution in [0.25, 0.3) is 0 Å². The Bertz CT molecular complexity index is 84.0. The molecule has 1 aliphatic heterocycles. The van der Waals surface area contributed by atoms with Crippen molar-refractivity contribution in [2.24, 2.45) is 0 Å². The van der Waals surface area contributed by atoms with Gasteiger partial charge in [-0.3, -0.25) is 4.79 Å². The Morgan fingerprint density at radius 3 is 1.90 bits per heavy atom. The van der Waals surface area contributed by atoms with E-state index in [1.165, 1.54) is 31.3 Å². The second-order valence-electron chi connectivity index (χ2n) is 2.13. The number of rotatable bonds is 0. The van der Waals surface area contributed by atoms with Gasteiger partial charge in [-0.1, -0.05) is 0 Å². The molecule has 1 rings (SSSR count). The number of carbonyl (C=O) groups is 1. The zero-order chi connectivity index (χ0) is 7.82. The van der Waals surface area contributed by atoms with Gasteiger partial charge in [0.1, 0.15) is 0 Å². The molecule has 0 atom stereocenters. The van der Waals surface area contributed by atoms with Crippen molar-refractivity contribution in [3.8, 4) is 0 Å². The normalized spacial score (nSPS) is 15.4. The highest BCUT2D eigenvalue weighted by Gasteiger charge is 1.95. The lowest BCUT2D eigenvalue weighted by atomic mass is 10.4. The van der Waals surface area contributed by atoms with Crippen molar-refractivity contribution in [1.29, 1.82) is 0 Å². The van der Waals surface area contributed by atoms with Crippen molar-refractivity contribution in [3.05, 3.63) is 0 Å². The maximum Gasteiger partial charge on any atom is 0.216 e. The summed E-state index contributed by atoms with van der Waals surface area (Å²) in [5, 5.41) is 2.39. The molecule has 1 heterocycles. The van der Waals surface area contributed by atoms with Crippen LogP contribution in [-0.2, 0) is 4.79 Å². The van der Waals surface area contributed by atoms with Gasteiger partial charge in [0.25, 0.3) is 0 Å². The summed E-state index contributed by atoms with van der Waals surface area (Å²) in [6.07, 6.45) is 2.93. The molecule has 0 bridgehead atoms. The van der Waals surface area contributed by atoms with Crippen LogP contribution in [0.5, 0.6) is 0 Å². The monoisotopic (exact) mass is 161 g/mol. The number of hydrogen-bond acceptors (Lipinski definition) is 2. The summed E-state index contributed by atoms with van der Waals surface area (Å²) in [5.41, 5.74) is 0. The molecule has 0 aromatic carbocycles. The van der Waals surface area contributed by atoms with Gasteiger partial charge in [0.15, 0.2) is 0 Å². The Hall–Kier alpha value is -0.180. The second kappa shape index (κ2) is 6.93. The van der Waals surface area contributed by atoms with E-state index in [0.717, 1.165) is 0 Å². The van der Waals surface area contributed by atoms with Gasteiger partial charge in [0.05, 0.1) is 0 Å². The fourth-order valence-electron chi connectivity index (χ4n) is 0.510. The number of nitrogens with one attached hydrogen (secondary N) is 1. The van der Waals surface area contributed by atoms with E-state index in [9.17, 15) is 4.79 Å². The molecule has 3 heteroatoms. The molecule has 1 aliphatic rings. The van der Waals surface area contributed by atoms with Crippen molar-refractivity contribution >= 4 is 17.7 Å². The summed E-state index contributed by atoms with van der Waals surface area (Å²) in [7, 11) is 1.60. The summed E-state index contributed by atoms with van der Waals surface area (Å²) in [5.74, 6) is 2.84. The van der Waals surface area contributed by atoms with Gasteiger partial charge in [0, 0.05) is 14.0 Å². The first-order valence-electron chi connectivity index (χ1n) is 3.53. The van der Waals surface area contributed by atoms with Crippen molar-refractivity contribution in [2.75, 3.05) is 18.6 Å². The molecule has 0 unspecified atom stereocenters. The molecular weight excluding hydrogens is 146 g/mol.